The molecule has 0 spiro atoms. The van der Waals surface area contributed by atoms with Gasteiger partial charge in [0.25, 0.3) is 5.91 Å². The Morgan fingerprint density at radius 1 is 1.21 bits per heavy atom. The smallest absolute Gasteiger partial charge is 0.365 e. The number of fused-ring (bicyclic) bond motifs is 1. The van der Waals surface area contributed by atoms with Crippen molar-refractivity contribution in [1.29, 1.82) is 0 Å². The Morgan fingerprint density at radius 2 is 1.93 bits per heavy atom. The molecule has 1 atom stereocenters. The average molecular weight is 406 g/mol. The van der Waals surface area contributed by atoms with Crippen LogP contribution >= 0.6 is 11.5 Å². The summed E-state index contributed by atoms with van der Waals surface area (Å²) < 4.78 is 43.8. The molecule has 1 aliphatic rings. The summed E-state index contributed by atoms with van der Waals surface area (Å²) in [5.41, 5.74) is -3.10. The number of aromatic nitrogens is 2. The van der Waals surface area contributed by atoms with E-state index in [0.29, 0.717) is 10.4 Å². The van der Waals surface area contributed by atoms with Crippen LogP contribution < -0.4 is 0 Å². The van der Waals surface area contributed by atoms with Crippen molar-refractivity contribution in [3.05, 3.63) is 58.6 Å². The molecule has 3 aromatic rings. The van der Waals surface area contributed by atoms with E-state index in [-0.39, 0.29) is 16.1 Å². The van der Waals surface area contributed by atoms with Crippen LogP contribution in [0, 0.1) is 6.92 Å². The predicted octanol–water partition coefficient (Wildman–Crippen LogP) is 3.61. The maximum absolute atomic E-state index is 13.4. The molecule has 0 saturated carbocycles. The molecule has 28 heavy (non-hydrogen) atoms. The second-order valence-corrected chi connectivity index (χ2v) is 7.12. The summed E-state index contributed by atoms with van der Waals surface area (Å²) >= 11 is 0.739. The number of rotatable bonds is 2. The number of halogens is 3. The van der Waals surface area contributed by atoms with E-state index in [4.69, 9.17) is 0 Å². The molecule has 2 aromatic carbocycles. The molecular weight excluding hydrogens is 393 g/mol. The summed E-state index contributed by atoms with van der Waals surface area (Å²) in [6.07, 6.45) is -5.66. The Bertz CT molecular complexity index is 1110. The lowest BCUT2D eigenvalue weighted by Crippen LogP contribution is -2.44. The quantitative estimate of drug-likeness (QED) is 0.705. The van der Waals surface area contributed by atoms with Crippen LogP contribution in [0.15, 0.2) is 47.6 Å². The predicted molar refractivity (Wildman–Crippen MR) is 96.8 cm³/mol. The van der Waals surface area contributed by atoms with Gasteiger partial charge in [0.1, 0.15) is 10.6 Å². The first-order chi connectivity index (χ1) is 13.2. The minimum Gasteiger partial charge on any atom is -0.365 e. The highest BCUT2D eigenvalue weighted by atomic mass is 32.1. The summed E-state index contributed by atoms with van der Waals surface area (Å²) in [6, 6.07) is 11.8. The second-order valence-electron chi connectivity index (χ2n) is 6.37. The molecule has 1 amide bonds. The van der Waals surface area contributed by atoms with Crippen LogP contribution in [-0.4, -0.2) is 37.5 Å². The summed E-state index contributed by atoms with van der Waals surface area (Å²) in [6.45, 7) is 1.51. The highest BCUT2D eigenvalue weighted by Gasteiger charge is 2.54. The molecule has 0 aliphatic carbocycles. The summed E-state index contributed by atoms with van der Waals surface area (Å²) in [5, 5.41) is 20.3. The highest BCUT2D eigenvalue weighted by Crippen LogP contribution is 2.43. The number of aliphatic hydroxyl groups is 1. The summed E-state index contributed by atoms with van der Waals surface area (Å²) in [7, 11) is 0. The number of benzene rings is 2. The minimum atomic E-state index is -4.78. The van der Waals surface area contributed by atoms with Crippen LogP contribution in [0.25, 0.3) is 10.8 Å². The van der Waals surface area contributed by atoms with E-state index in [1.165, 1.54) is 13.0 Å². The van der Waals surface area contributed by atoms with E-state index in [2.05, 4.69) is 14.7 Å². The van der Waals surface area contributed by atoms with Gasteiger partial charge in [-0.25, -0.2) is 0 Å². The third-order valence-electron chi connectivity index (χ3n) is 4.57. The van der Waals surface area contributed by atoms with Gasteiger partial charge in [0.05, 0.1) is 12.1 Å². The van der Waals surface area contributed by atoms with E-state index in [1.54, 1.807) is 36.4 Å². The van der Waals surface area contributed by atoms with E-state index in [1.807, 2.05) is 0 Å². The Hall–Kier alpha value is -2.85. The van der Waals surface area contributed by atoms with Crippen molar-refractivity contribution in [1.82, 2.24) is 14.6 Å². The minimum absolute atomic E-state index is 0.0193. The molecule has 1 N–H and O–H groups in total. The third kappa shape index (κ3) is 2.85. The summed E-state index contributed by atoms with van der Waals surface area (Å²) in [4.78, 5) is 13.0. The zero-order valence-electron chi connectivity index (χ0n) is 14.4. The van der Waals surface area contributed by atoms with Gasteiger partial charge in [-0.05, 0) is 29.2 Å². The lowest BCUT2D eigenvalue weighted by molar-refractivity contribution is -0.0805. The lowest BCUT2D eigenvalue weighted by Gasteiger charge is -2.32. The second kappa shape index (κ2) is 6.35. The first-order valence-corrected chi connectivity index (χ1v) is 8.98. The molecule has 0 saturated heterocycles. The monoisotopic (exact) mass is 406 g/mol. The molecule has 6 nitrogen and oxygen atoms in total. The zero-order valence-corrected chi connectivity index (χ0v) is 15.3. The van der Waals surface area contributed by atoms with E-state index >= 15 is 0 Å². The number of carbonyl (C=O) groups excluding carboxylic acids is 1. The van der Waals surface area contributed by atoms with Gasteiger partial charge < -0.3 is 5.11 Å². The van der Waals surface area contributed by atoms with E-state index in [9.17, 15) is 23.1 Å². The van der Waals surface area contributed by atoms with Crippen molar-refractivity contribution in [2.75, 3.05) is 0 Å². The number of nitrogens with zero attached hydrogens (tertiary/aromatic N) is 4. The van der Waals surface area contributed by atoms with Crippen LogP contribution in [-0.2, 0) is 5.72 Å². The Labute approximate surface area is 161 Å². The number of aryl methyl sites for hydroxylation is 1. The topological polar surface area (TPSA) is 78.7 Å². The first kappa shape index (κ1) is 18.5. The number of hydrogen-bond donors (Lipinski definition) is 1. The van der Waals surface area contributed by atoms with Crippen molar-refractivity contribution in [3.8, 4) is 0 Å². The van der Waals surface area contributed by atoms with Crippen molar-refractivity contribution in [2.45, 2.75) is 25.2 Å². The standard InChI is InChI=1S/C18H13F3N4O2S/c1-10-15(28-24-22-10)16(26)25-17(27,9-14(23-25)18(19,20)21)13-8-4-6-11-5-2-3-7-12(11)13/h2-8,27H,9H2,1H3/t17-/m0/s1. The molecule has 144 valence electrons. The SMILES string of the molecule is Cc1nnsc1C(=O)N1N=C(C(F)(F)F)C[C@]1(O)c1cccc2ccccc12. The Balaban J connectivity index is 1.90. The number of hydrazone groups is 1. The van der Waals surface area contributed by atoms with Gasteiger partial charge in [-0.2, -0.15) is 23.3 Å². The largest absolute Gasteiger partial charge is 0.431 e. The first-order valence-electron chi connectivity index (χ1n) is 8.20. The van der Waals surface area contributed by atoms with Gasteiger partial charge in [0, 0.05) is 5.56 Å². The fourth-order valence-corrected chi connectivity index (χ4v) is 3.81. The molecule has 10 heteroatoms. The zero-order chi connectivity index (χ0) is 20.1. The number of hydrogen-bond acceptors (Lipinski definition) is 6. The molecule has 1 aliphatic heterocycles. The van der Waals surface area contributed by atoms with Crippen molar-refractivity contribution in [2.24, 2.45) is 5.10 Å². The van der Waals surface area contributed by atoms with E-state index < -0.39 is 29.9 Å². The molecule has 1 aromatic heterocycles. The van der Waals surface area contributed by atoms with Gasteiger partial charge in [-0.1, -0.05) is 47.0 Å². The fraction of sp³-hybridized carbons (Fsp3) is 0.222. The molecule has 0 bridgehead atoms. The van der Waals surface area contributed by atoms with E-state index in [0.717, 1.165) is 16.9 Å². The molecule has 0 radical (unpaired) electrons. The number of amides is 1. The van der Waals surface area contributed by atoms with Crippen molar-refractivity contribution < 1.29 is 23.1 Å². The molecule has 2 heterocycles. The molecule has 0 unspecified atom stereocenters. The average Bonchev–Trinajstić information content (AvgIpc) is 3.24. The van der Waals surface area contributed by atoms with Gasteiger partial charge in [0.2, 0.25) is 0 Å². The van der Waals surface area contributed by atoms with Crippen LogP contribution in [0.3, 0.4) is 0 Å². The maximum atomic E-state index is 13.4. The van der Waals surface area contributed by atoms with Crippen LogP contribution in [0.2, 0.25) is 0 Å². The lowest BCUT2D eigenvalue weighted by atomic mass is 9.92. The normalized spacial score (nSPS) is 19.9. The fourth-order valence-electron chi connectivity index (χ4n) is 3.23. The highest BCUT2D eigenvalue weighted by molar-refractivity contribution is 7.08. The Kier molecular flexibility index (Phi) is 4.20. The van der Waals surface area contributed by atoms with Gasteiger partial charge in [-0.15, -0.1) is 5.10 Å². The van der Waals surface area contributed by atoms with Crippen molar-refractivity contribution >= 4 is 33.9 Å². The number of carbonyl (C=O) groups is 1. The Morgan fingerprint density at radius 3 is 2.61 bits per heavy atom. The van der Waals surface area contributed by atoms with Crippen LogP contribution in [0.5, 0.6) is 0 Å². The van der Waals surface area contributed by atoms with Gasteiger partial charge >= 0.3 is 6.18 Å². The molecule has 4 rings (SSSR count). The molecular formula is C18H13F3N4O2S. The van der Waals surface area contributed by atoms with Gasteiger partial charge in [0.15, 0.2) is 5.72 Å². The maximum Gasteiger partial charge on any atom is 0.431 e. The van der Waals surface area contributed by atoms with Gasteiger partial charge in [-0.3, -0.25) is 4.79 Å². The third-order valence-corrected chi connectivity index (χ3v) is 5.39. The summed E-state index contributed by atoms with van der Waals surface area (Å²) in [5.74, 6) is -0.887. The van der Waals surface area contributed by atoms with Crippen LogP contribution in [0.4, 0.5) is 13.2 Å². The van der Waals surface area contributed by atoms with Crippen molar-refractivity contribution in [3.63, 3.8) is 0 Å². The number of alkyl halides is 3. The van der Waals surface area contributed by atoms with Crippen LogP contribution in [0.1, 0.15) is 27.3 Å². The molecule has 0 fully saturated rings.